The Morgan fingerprint density at radius 1 is 1.47 bits per heavy atom. The zero-order valence-corrected chi connectivity index (χ0v) is 9.88. The predicted octanol–water partition coefficient (Wildman–Crippen LogP) is 1.27. The zero-order chi connectivity index (χ0) is 12.8. The summed E-state index contributed by atoms with van der Waals surface area (Å²) in [5, 5.41) is 13.0. The van der Waals surface area contributed by atoms with E-state index in [-0.39, 0.29) is 0 Å². The number of hydrazone groups is 1. The number of anilines is 1. The first-order chi connectivity index (χ1) is 8.08. The Kier molecular flexibility index (Phi) is 4.72. The van der Waals surface area contributed by atoms with Gasteiger partial charge in [-0.3, -0.25) is 15.6 Å². The molecule has 0 saturated carbocycles. The molecular formula is C9H7Cl2N5O. The fourth-order valence-corrected chi connectivity index (χ4v) is 1.34. The van der Waals surface area contributed by atoms with Crippen molar-refractivity contribution in [3.63, 3.8) is 0 Å². The van der Waals surface area contributed by atoms with Crippen LogP contribution in [0.2, 0.25) is 10.0 Å². The smallest absolute Gasteiger partial charge is 0.288 e. The number of nitrogens with zero attached hydrogens (tertiary/aromatic N) is 2. The van der Waals surface area contributed by atoms with E-state index in [1.807, 2.05) is 0 Å². The van der Waals surface area contributed by atoms with Crippen molar-refractivity contribution in [2.24, 2.45) is 10.9 Å². The van der Waals surface area contributed by atoms with E-state index < -0.39 is 11.6 Å². The van der Waals surface area contributed by atoms with Gasteiger partial charge in [0, 0.05) is 5.02 Å². The molecule has 0 unspecified atom stereocenters. The molecule has 1 aromatic rings. The SMILES string of the molecule is N#CC(=NNc1ccc(Cl)cc1Cl)C(=O)NN. The highest BCUT2D eigenvalue weighted by Crippen LogP contribution is 2.25. The third-order valence-corrected chi connectivity index (χ3v) is 2.22. The molecule has 0 aromatic heterocycles. The standard InChI is InChI=1S/C9H7Cl2N5O/c10-5-1-2-7(6(11)3-5)15-16-8(4-12)9(17)14-13/h1-3,15H,13H2,(H,14,17). The van der Waals surface area contributed by atoms with Gasteiger partial charge in [-0.1, -0.05) is 23.2 Å². The molecule has 0 heterocycles. The summed E-state index contributed by atoms with van der Waals surface area (Å²) in [4.78, 5) is 11.0. The lowest BCUT2D eigenvalue weighted by Gasteiger charge is -2.03. The lowest BCUT2D eigenvalue weighted by Crippen LogP contribution is -2.36. The van der Waals surface area contributed by atoms with Crippen LogP contribution >= 0.6 is 23.2 Å². The average molecular weight is 272 g/mol. The summed E-state index contributed by atoms with van der Waals surface area (Å²) < 4.78 is 0. The van der Waals surface area contributed by atoms with Crippen LogP contribution in [0.25, 0.3) is 0 Å². The van der Waals surface area contributed by atoms with E-state index in [1.54, 1.807) is 23.6 Å². The molecule has 0 saturated heterocycles. The van der Waals surface area contributed by atoms with E-state index in [2.05, 4.69) is 10.5 Å². The number of nitrogens with one attached hydrogen (secondary N) is 2. The van der Waals surface area contributed by atoms with Crippen molar-refractivity contribution in [1.29, 1.82) is 5.26 Å². The molecule has 0 aliphatic rings. The molecule has 8 heteroatoms. The highest BCUT2D eigenvalue weighted by molar-refractivity contribution is 6.45. The summed E-state index contributed by atoms with van der Waals surface area (Å²) in [5.41, 5.74) is 4.25. The van der Waals surface area contributed by atoms with Gasteiger partial charge in [-0.05, 0) is 18.2 Å². The van der Waals surface area contributed by atoms with Crippen LogP contribution in [0.5, 0.6) is 0 Å². The molecule has 0 spiro atoms. The van der Waals surface area contributed by atoms with Gasteiger partial charge in [0.25, 0.3) is 5.91 Å². The number of amides is 1. The largest absolute Gasteiger partial charge is 0.296 e. The Bertz CT molecular complexity index is 509. The second-order valence-electron chi connectivity index (χ2n) is 2.78. The van der Waals surface area contributed by atoms with Crippen molar-refractivity contribution in [2.75, 3.05) is 5.43 Å². The number of hydrogen-bond donors (Lipinski definition) is 3. The first-order valence-corrected chi connectivity index (χ1v) is 5.04. The Balaban J connectivity index is 2.88. The van der Waals surface area contributed by atoms with E-state index in [0.717, 1.165) is 0 Å². The van der Waals surface area contributed by atoms with Crippen LogP contribution in [-0.4, -0.2) is 11.6 Å². The maximum atomic E-state index is 11.0. The molecule has 0 atom stereocenters. The second kappa shape index (κ2) is 6.06. The second-order valence-corrected chi connectivity index (χ2v) is 3.63. The summed E-state index contributed by atoms with van der Waals surface area (Å²) in [7, 11) is 0. The summed E-state index contributed by atoms with van der Waals surface area (Å²) in [6.07, 6.45) is 0. The number of nitriles is 1. The van der Waals surface area contributed by atoms with Crippen molar-refractivity contribution in [3.05, 3.63) is 28.2 Å². The van der Waals surface area contributed by atoms with Gasteiger partial charge < -0.3 is 0 Å². The van der Waals surface area contributed by atoms with E-state index in [4.69, 9.17) is 34.3 Å². The van der Waals surface area contributed by atoms with Crippen molar-refractivity contribution in [3.8, 4) is 6.07 Å². The van der Waals surface area contributed by atoms with Gasteiger partial charge in [0.05, 0.1) is 10.7 Å². The topological polar surface area (TPSA) is 103 Å². The molecule has 1 rings (SSSR count). The van der Waals surface area contributed by atoms with Gasteiger partial charge in [-0.2, -0.15) is 10.4 Å². The number of rotatable bonds is 3. The lowest BCUT2D eigenvalue weighted by molar-refractivity contribution is -0.114. The minimum absolute atomic E-state index is 0.312. The summed E-state index contributed by atoms with van der Waals surface area (Å²) in [6.45, 7) is 0. The molecule has 88 valence electrons. The molecule has 1 amide bonds. The van der Waals surface area contributed by atoms with Crippen molar-refractivity contribution >= 4 is 40.5 Å². The number of carbonyl (C=O) groups is 1. The van der Waals surface area contributed by atoms with Crippen LogP contribution in [0.1, 0.15) is 0 Å². The van der Waals surface area contributed by atoms with Crippen LogP contribution in [0, 0.1) is 11.3 Å². The van der Waals surface area contributed by atoms with Crippen LogP contribution in [0.3, 0.4) is 0 Å². The highest BCUT2D eigenvalue weighted by Gasteiger charge is 2.09. The number of benzene rings is 1. The van der Waals surface area contributed by atoms with Gasteiger partial charge in [-0.15, -0.1) is 0 Å². The zero-order valence-electron chi connectivity index (χ0n) is 8.37. The summed E-state index contributed by atoms with van der Waals surface area (Å²) >= 11 is 11.5. The quantitative estimate of drug-likeness (QED) is 0.333. The van der Waals surface area contributed by atoms with Crippen LogP contribution < -0.4 is 16.7 Å². The number of hydrazine groups is 1. The fourth-order valence-electron chi connectivity index (χ4n) is 0.891. The average Bonchev–Trinajstić information content (AvgIpc) is 2.31. The molecule has 0 aliphatic carbocycles. The number of halogens is 2. The molecule has 0 fully saturated rings. The predicted molar refractivity (Wildman–Crippen MR) is 65.5 cm³/mol. The molecule has 17 heavy (non-hydrogen) atoms. The fraction of sp³-hybridized carbons (Fsp3) is 0. The molecule has 0 aliphatic heterocycles. The van der Waals surface area contributed by atoms with E-state index >= 15 is 0 Å². The van der Waals surface area contributed by atoms with Gasteiger partial charge in [0.2, 0.25) is 5.71 Å². The van der Waals surface area contributed by atoms with Crippen LogP contribution in [0.15, 0.2) is 23.3 Å². The number of nitrogens with two attached hydrogens (primary N) is 1. The van der Waals surface area contributed by atoms with Crippen molar-refractivity contribution in [1.82, 2.24) is 5.43 Å². The molecule has 0 bridgehead atoms. The van der Waals surface area contributed by atoms with Gasteiger partial charge in [0.15, 0.2) is 0 Å². The number of hydrogen-bond acceptors (Lipinski definition) is 5. The maximum absolute atomic E-state index is 11.0. The van der Waals surface area contributed by atoms with Gasteiger partial charge >= 0.3 is 0 Å². The minimum Gasteiger partial charge on any atom is -0.288 e. The molecular weight excluding hydrogens is 265 g/mol. The monoisotopic (exact) mass is 271 g/mol. The third kappa shape index (κ3) is 3.60. The van der Waals surface area contributed by atoms with Gasteiger partial charge in [0.1, 0.15) is 6.07 Å². The Morgan fingerprint density at radius 3 is 2.71 bits per heavy atom. The number of carbonyl (C=O) groups excluding carboxylic acids is 1. The Labute approximate surface area is 107 Å². The van der Waals surface area contributed by atoms with E-state index in [9.17, 15) is 4.79 Å². The van der Waals surface area contributed by atoms with Crippen molar-refractivity contribution < 1.29 is 4.79 Å². The normalized spacial score (nSPS) is 10.6. The Morgan fingerprint density at radius 2 is 2.18 bits per heavy atom. The minimum atomic E-state index is -0.801. The molecule has 1 aromatic carbocycles. The molecule has 0 radical (unpaired) electrons. The summed E-state index contributed by atoms with van der Waals surface area (Å²) in [6, 6.07) is 6.22. The highest BCUT2D eigenvalue weighted by atomic mass is 35.5. The van der Waals surface area contributed by atoms with Crippen molar-refractivity contribution in [2.45, 2.75) is 0 Å². The third-order valence-electron chi connectivity index (χ3n) is 1.67. The summed E-state index contributed by atoms with van der Waals surface area (Å²) in [5.74, 6) is 4.06. The molecule has 6 nitrogen and oxygen atoms in total. The van der Waals surface area contributed by atoms with Crippen LogP contribution in [-0.2, 0) is 4.79 Å². The maximum Gasteiger partial charge on any atom is 0.296 e. The van der Waals surface area contributed by atoms with E-state index in [0.29, 0.717) is 15.7 Å². The lowest BCUT2D eigenvalue weighted by atomic mass is 10.3. The Hall–Kier alpha value is -1.81. The first-order valence-electron chi connectivity index (χ1n) is 4.28. The van der Waals surface area contributed by atoms with Crippen LogP contribution in [0.4, 0.5) is 5.69 Å². The van der Waals surface area contributed by atoms with E-state index in [1.165, 1.54) is 6.07 Å². The molecule has 4 N–H and O–H groups in total. The first kappa shape index (κ1) is 13.3. The van der Waals surface area contributed by atoms with Gasteiger partial charge in [-0.25, -0.2) is 5.84 Å².